The second-order valence-corrected chi connectivity index (χ2v) is 6.22. The molecule has 1 aromatic carbocycles. The van der Waals surface area contributed by atoms with E-state index in [1.54, 1.807) is 47.5 Å². The zero-order valence-electron chi connectivity index (χ0n) is 12.5. The molecule has 1 amide bonds. The molecule has 0 saturated carbocycles. The van der Waals surface area contributed by atoms with Gasteiger partial charge in [-0.05, 0) is 42.0 Å². The van der Waals surface area contributed by atoms with Crippen molar-refractivity contribution < 1.29 is 14.7 Å². The molecule has 0 spiro atoms. The van der Waals surface area contributed by atoms with E-state index in [1.165, 1.54) is 4.88 Å². The number of nitrogens with zero attached hydrogens (tertiary/aromatic N) is 1. The summed E-state index contributed by atoms with van der Waals surface area (Å²) in [5.74, 6) is -0.830. The minimum absolute atomic E-state index is 0.110. The lowest BCUT2D eigenvalue weighted by Gasteiger charge is -2.17. The fraction of sp³-hybridized carbons (Fsp3) is 0.294. The molecule has 116 valence electrons. The fourth-order valence-electron chi connectivity index (χ4n) is 2.17. The number of thiophene rings is 1. The summed E-state index contributed by atoms with van der Waals surface area (Å²) in [5, 5.41) is 10.9. The number of aromatic carboxylic acids is 1. The van der Waals surface area contributed by atoms with Gasteiger partial charge in [-0.1, -0.05) is 18.2 Å². The average molecular weight is 317 g/mol. The highest BCUT2D eigenvalue weighted by atomic mass is 32.1. The third kappa shape index (κ3) is 4.70. The second kappa shape index (κ2) is 7.75. The Morgan fingerprint density at radius 1 is 1.18 bits per heavy atom. The molecule has 1 heterocycles. The first-order valence-electron chi connectivity index (χ1n) is 7.15. The van der Waals surface area contributed by atoms with E-state index < -0.39 is 5.97 Å². The van der Waals surface area contributed by atoms with Gasteiger partial charge in [-0.3, -0.25) is 4.79 Å². The molecule has 0 aliphatic carbocycles. The van der Waals surface area contributed by atoms with E-state index in [4.69, 9.17) is 5.11 Å². The van der Waals surface area contributed by atoms with Crippen molar-refractivity contribution in [2.45, 2.75) is 25.8 Å². The van der Waals surface area contributed by atoms with Gasteiger partial charge in [0.05, 0.1) is 5.56 Å². The Hall–Kier alpha value is -2.14. The second-order valence-electron chi connectivity index (χ2n) is 5.18. The summed E-state index contributed by atoms with van der Waals surface area (Å²) in [6.45, 7) is 0.498. The molecule has 0 unspecified atom stereocenters. The highest BCUT2D eigenvalue weighted by Crippen LogP contribution is 2.13. The van der Waals surface area contributed by atoms with Gasteiger partial charge in [-0.15, -0.1) is 11.3 Å². The Labute approximate surface area is 134 Å². The number of amides is 1. The first-order chi connectivity index (χ1) is 10.6. The summed E-state index contributed by atoms with van der Waals surface area (Å²) in [7, 11) is 1.78. The van der Waals surface area contributed by atoms with Gasteiger partial charge in [-0.2, -0.15) is 0 Å². The monoisotopic (exact) mass is 317 g/mol. The standard InChI is InChI=1S/C17H19NO3S/c1-18(12-13-7-9-14(10-8-13)17(20)21)16(19)6-2-4-15-5-3-11-22-15/h3,5,7-11H,2,4,6,12H2,1H3,(H,20,21). The molecule has 1 N–H and O–H groups in total. The maximum Gasteiger partial charge on any atom is 0.335 e. The van der Waals surface area contributed by atoms with Gasteiger partial charge < -0.3 is 10.0 Å². The first-order valence-corrected chi connectivity index (χ1v) is 8.03. The molecule has 0 bridgehead atoms. The molecular weight excluding hydrogens is 298 g/mol. The fourth-order valence-corrected chi connectivity index (χ4v) is 2.93. The topological polar surface area (TPSA) is 57.6 Å². The van der Waals surface area contributed by atoms with Crippen LogP contribution in [0.15, 0.2) is 41.8 Å². The minimum Gasteiger partial charge on any atom is -0.478 e. The third-order valence-corrected chi connectivity index (χ3v) is 4.38. The molecule has 0 aliphatic rings. The van der Waals surface area contributed by atoms with Crippen LogP contribution in [0.2, 0.25) is 0 Å². The maximum absolute atomic E-state index is 12.1. The molecule has 0 aliphatic heterocycles. The quantitative estimate of drug-likeness (QED) is 0.851. The average Bonchev–Trinajstić information content (AvgIpc) is 3.01. The van der Waals surface area contributed by atoms with Crippen molar-refractivity contribution in [1.82, 2.24) is 4.90 Å². The van der Waals surface area contributed by atoms with E-state index in [2.05, 4.69) is 6.07 Å². The van der Waals surface area contributed by atoms with E-state index >= 15 is 0 Å². The molecule has 22 heavy (non-hydrogen) atoms. The summed E-state index contributed by atoms with van der Waals surface area (Å²) in [6.07, 6.45) is 2.31. The van der Waals surface area contributed by atoms with Crippen molar-refractivity contribution in [1.29, 1.82) is 0 Å². The number of carboxylic acid groups (broad SMARTS) is 1. The SMILES string of the molecule is CN(Cc1ccc(C(=O)O)cc1)C(=O)CCCc1cccs1. The predicted molar refractivity (Wildman–Crippen MR) is 87.1 cm³/mol. The van der Waals surface area contributed by atoms with Gasteiger partial charge >= 0.3 is 5.97 Å². The molecule has 2 rings (SSSR count). The van der Waals surface area contributed by atoms with Gasteiger partial charge in [0.1, 0.15) is 0 Å². The molecule has 0 atom stereocenters. The van der Waals surface area contributed by atoms with Crippen molar-refractivity contribution >= 4 is 23.2 Å². The van der Waals surface area contributed by atoms with Crippen LogP contribution < -0.4 is 0 Å². The van der Waals surface area contributed by atoms with E-state index in [-0.39, 0.29) is 11.5 Å². The van der Waals surface area contributed by atoms with Crippen LogP contribution in [0.5, 0.6) is 0 Å². The molecule has 0 fully saturated rings. The van der Waals surface area contributed by atoms with Crippen molar-refractivity contribution in [3.8, 4) is 0 Å². The third-order valence-electron chi connectivity index (χ3n) is 3.44. The van der Waals surface area contributed by atoms with Gasteiger partial charge in [0.2, 0.25) is 5.91 Å². The highest BCUT2D eigenvalue weighted by molar-refractivity contribution is 7.09. The number of carbonyl (C=O) groups is 2. The Bertz CT molecular complexity index is 620. The van der Waals surface area contributed by atoms with Crippen molar-refractivity contribution in [3.05, 3.63) is 57.8 Å². The molecule has 0 saturated heterocycles. The normalized spacial score (nSPS) is 10.4. The van der Waals surface area contributed by atoms with E-state index in [0.29, 0.717) is 13.0 Å². The Kier molecular flexibility index (Phi) is 5.72. The van der Waals surface area contributed by atoms with Crippen molar-refractivity contribution in [3.63, 3.8) is 0 Å². The number of hydrogen-bond acceptors (Lipinski definition) is 3. The molecular formula is C17H19NO3S. The van der Waals surface area contributed by atoms with Crippen LogP contribution in [-0.2, 0) is 17.8 Å². The summed E-state index contributed by atoms with van der Waals surface area (Å²) in [5.41, 5.74) is 1.19. The smallest absolute Gasteiger partial charge is 0.335 e. The van der Waals surface area contributed by atoms with Gasteiger partial charge in [0.15, 0.2) is 0 Å². The lowest BCUT2D eigenvalue weighted by Crippen LogP contribution is -2.26. The van der Waals surface area contributed by atoms with E-state index in [1.807, 2.05) is 11.4 Å². The number of benzene rings is 1. The Morgan fingerprint density at radius 3 is 2.50 bits per heavy atom. The van der Waals surface area contributed by atoms with Gasteiger partial charge in [0, 0.05) is 24.9 Å². The summed E-state index contributed by atoms with van der Waals surface area (Å²) >= 11 is 1.72. The van der Waals surface area contributed by atoms with Crippen LogP contribution in [0.3, 0.4) is 0 Å². The minimum atomic E-state index is -0.940. The predicted octanol–water partition coefficient (Wildman–Crippen LogP) is 3.43. The van der Waals surface area contributed by atoms with Crippen LogP contribution >= 0.6 is 11.3 Å². The molecule has 4 nitrogen and oxygen atoms in total. The number of carbonyl (C=O) groups excluding carboxylic acids is 1. The van der Waals surface area contributed by atoms with E-state index in [9.17, 15) is 9.59 Å². The van der Waals surface area contributed by atoms with Crippen LogP contribution in [0.1, 0.15) is 33.6 Å². The van der Waals surface area contributed by atoms with Crippen molar-refractivity contribution in [2.75, 3.05) is 7.05 Å². The Morgan fingerprint density at radius 2 is 1.91 bits per heavy atom. The molecule has 2 aromatic rings. The van der Waals surface area contributed by atoms with Crippen LogP contribution in [0.4, 0.5) is 0 Å². The zero-order valence-corrected chi connectivity index (χ0v) is 13.3. The van der Waals surface area contributed by atoms with Gasteiger partial charge in [0.25, 0.3) is 0 Å². The zero-order chi connectivity index (χ0) is 15.9. The van der Waals surface area contributed by atoms with Crippen LogP contribution in [0, 0.1) is 0 Å². The molecule has 5 heteroatoms. The summed E-state index contributed by atoms with van der Waals surface area (Å²) in [6, 6.07) is 10.7. The van der Waals surface area contributed by atoms with Crippen molar-refractivity contribution in [2.24, 2.45) is 0 Å². The van der Waals surface area contributed by atoms with Gasteiger partial charge in [-0.25, -0.2) is 4.79 Å². The summed E-state index contributed by atoms with van der Waals surface area (Å²) < 4.78 is 0. The molecule has 1 aromatic heterocycles. The Balaban J connectivity index is 1.79. The highest BCUT2D eigenvalue weighted by Gasteiger charge is 2.10. The van der Waals surface area contributed by atoms with Crippen LogP contribution in [-0.4, -0.2) is 28.9 Å². The summed E-state index contributed by atoms with van der Waals surface area (Å²) in [4.78, 5) is 25.9. The number of carboxylic acids is 1. The van der Waals surface area contributed by atoms with Crippen LogP contribution in [0.25, 0.3) is 0 Å². The lowest BCUT2D eigenvalue weighted by molar-refractivity contribution is -0.130. The largest absolute Gasteiger partial charge is 0.478 e. The molecule has 0 radical (unpaired) electrons. The number of aryl methyl sites for hydroxylation is 1. The number of rotatable bonds is 7. The first kappa shape index (κ1) is 16.2. The maximum atomic E-state index is 12.1. The van der Waals surface area contributed by atoms with E-state index in [0.717, 1.165) is 18.4 Å². The lowest BCUT2D eigenvalue weighted by atomic mass is 10.1. The number of hydrogen-bond donors (Lipinski definition) is 1.